The number of hydrogen-bond acceptors (Lipinski definition) is 7. The lowest BCUT2D eigenvalue weighted by atomic mass is 10.2. The van der Waals surface area contributed by atoms with Crippen LogP contribution in [0.2, 0.25) is 0 Å². The first-order chi connectivity index (χ1) is 14.3. The number of nitrogens with one attached hydrogen (secondary N) is 1. The SMILES string of the molecule is NS(=O)(=O)c1ccc(N/N=C/c2cccc(OCc3ccccc3)c2)c([N+](=O)[O-])c1. The molecule has 0 aliphatic carbocycles. The third-order valence-corrected chi connectivity index (χ3v) is 4.91. The number of benzene rings is 3. The second-order valence-electron chi connectivity index (χ2n) is 6.20. The highest BCUT2D eigenvalue weighted by Gasteiger charge is 2.18. The summed E-state index contributed by atoms with van der Waals surface area (Å²) in [7, 11) is -4.05. The van der Waals surface area contributed by atoms with Gasteiger partial charge in [-0.25, -0.2) is 13.6 Å². The van der Waals surface area contributed by atoms with Gasteiger partial charge in [-0.3, -0.25) is 15.5 Å². The van der Waals surface area contributed by atoms with Crippen LogP contribution in [0.5, 0.6) is 5.75 Å². The highest BCUT2D eigenvalue weighted by Crippen LogP contribution is 2.27. The first kappa shape index (κ1) is 21.0. The molecule has 0 saturated heterocycles. The summed E-state index contributed by atoms with van der Waals surface area (Å²) in [5, 5.41) is 20.2. The van der Waals surface area contributed by atoms with Gasteiger partial charge in [0.2, 0.25) is 10.0 Å². The molecular formula is C20H18N4O5S. The van der Waals surface area contributed by atoms with Crippen molar-refractivity contribution in [3.63, 3.8) is 0 Å². The molecule has 9 nitrogen and oxygen atoms in total. The number of primary sulfonamides is 1. The van der Waals surface area contributed by atoms with Gasteiger partial charge in [0.1, 0.15) is 18.0 Å². The highest BCUT2D eigenvalue weighted by molar-refractivity contribution is 7.89. The lowest BCUT2D eigenvalue weighted by Crippen LogP contribution is -2.12. The fraction of sp³-hybridized carbons (Fsp3) is 0.0500. The molecule has 0 saturated carbocycles. The third kappa shape index (κ3) is 5.63. The number of nitrogens with zero attached hydrogens (tertiary/aromatic N) is 2. The van der Waals surface area contributed by atoms with Crippen molar-refractivity contribution >= 4 is 27.6 Å². The predicted octanol–water partition coefficient (Wildman–Crippen LogP) is 3.27. The van der Waals surface area contributed by atoms with Crippen molar-refractivity contribution in [2.24, 2.45) is 10.2 Å². The maximum absolute atomic E-state index is 11.4. The molecule has 0 spiro atoms. The molecule has 0 amide bonds. The molecule has 0 bridgehead atoms. The Kier molecular flexibility index (Phi) is 6.40. The minimum Gasteiger partial charge on any atom is -0.489 e. The molecule has 154 valence electrons. The van der Waals surface area contributed by atoms with E-state index in [4.69, 9.17) is 9.88 Å². The summed E-state index contributed by atoms with van der Waals surface area (Å²) in [5.74, 6) is 0.645. The summed E-state index contributed by atoms with van der Waals surface area (Å²) in [4.78, 5) is 10.2. The zero-order valence-corrected chi connectivity index (χ0v) is 16.5. The van der Waals surface area contributed by atoms with E-state index < -0.39 is 20.6 Å². The number of nitro groups is 1. The first-order valence-corrected chi connectivity index (χ1v) is 10.2. The van der Waals surface area contributed by atoms with Crippen LogP contribution in [0.3, 0.4) is 0 Å². The zero-order valence-electron chi connectivity index (χ0n) is 15.6. The molecule has 0 atom stereocenters. The summed E-state index contributed by atoms with van der Waals surface area (Å²) >= 11 is 0. The molecule has 0 fully saturated rings. The number of anilines is 1. The topological polar surface area (TPSA) is 137 Å². The summed E-state index contributed by atoms with van der Waals surface area (Å²) in [5.41, 5.74) is 3.86. The summed E-state index contributed by atoms with van der Waals surface area (Å²) in [6, 6.07) is 20.2. The Morgan fingerprint density at radius 1 is 1.07 bits per heavy atom. The van der Waals surface area contributed by atoms with Gasteiger partial charge in [-0.05, 0) is 35.4 Å². The molecule has 3 N–H and O–H groups in total. The molecule has 10 heteroatoms. The quantitative estimate of drug-likeness (QED) is 0.322. The molecule has 0 heterocycles. The normalized spacial score (nSPS) is 11.4. The number of hydrogen-bond donors (Lipinski definition) is 2. The molecule has 0 radical (unpaired) electrons. The number of sulfonamides is 1. The van der Waals surface area contributed by atoms with Crippen molar-refractivity contribution in [3.8, 4) is 5.75 Å². The van der Waals surface area contributed by atoms with E-state index in [1.807, 2.05) is 36.4 Å². The number of hydrazone groups is 1. The van der Waals surface area contributed by atoms with Gasteiger partial charge in [0, 0.05) is 6.07 Å². The van der Waals surface area contributed by atoms with Crippen LogP contribution in [-0.2, 0) is 16.6 Å². The van der Waals surface area contributed by atoms with E-state index >= 15 is 0 Å². The standard InChI is InChI=1S/C20H18N4O5S/c21-30(27,28)18-9-10-19(20(12-18)24(25)26)23-22-13-16-7-4-8-17(11-16)29-14-15-5-2-1-3-6-15/h1-13,23H,14H2,(H2,21,27,28)/b22-13+. The Morgan fingerprint density at radius 3 is 2.53 bits per heavy atom. The Hall–Kier alpha value is -3.76. The maximum Gasteiger partial charge on any atom is 0.295 e. The Bertz CT molecular complexity index is 1180. The average molecular weight is 426 g/mol. The van der Waals surface area contributed by atoms with Gasteiger partial charge in [-0.15, -0.1) is 0 Å². The van der Waals surface area contributed by atoms with Crippen molar-refractivity contribution in [1.82, 2.24) is 0 Å². The van der Waals surface area contributed by atoms with Crippen LogP contribution in [0.25, 0.3) is 0 Å². The second-order valence-corrected chi connectivity index (χ2v) is 7.76. The monoisotopic (exact) mass is 426 g/mol. The lowest BCUT2D eigenvalue weighted by Gasteiger charge is -2.07. The number of nitro benzene ring substituents is 1. The fourth-order valence-corrected chi connectivity index (χ4v) is 3.07. The number of rotatable bonds is 8. The van der Waals surface area contributed by atoms with Crippen molar-refractivity contribution in [1.29, 1.82) is 0 Å². The van der Waals surface area contributed by atoms with Crippen molar-refractivity contribution in [2.45, 2.75) is 11.5 Å². The molecule has 30 heavy (non-hydrogen) atoms. The molecule has 0 aliphatic heterocycles. The van der Waals surface area contributed by atoms with Gasteiger partial charge in [0.15, 0.2) is 0 Å². The van der Waals surface area contributed by atoms with Crippen LogP contribution >= 0.6 is 0 Å². The molecule has 0 aromatic heterocycles. The molecule has 0 aliphatic rings. The Morgan fingerprint density at radius 2 is 1.83 bits per heavy atom. The van der Waals surface area contributed by atoms with E-state index in [1.165, 1.54) is 12.3 Å². The van der Waals surface area contributed by atoms with Crippen LogP contribution in [0.1, 0.15) is 11.1 Å². The first-order valence-electron chi connectivity index (χ1n) is 8.70. The smallest absolute Gasteiger partial charge is 0.295 e. The third-order valence-electron chi connectivity index (χ3n) is 4.00. The maximum atomic E-state index is 11.4. The van der Waals surface area contributed by atoms with E-state index in [-0.39, 0.29) is 10.6 Å². The van der Waals surface area contributed by atoms with Crippen LogP contribution in [0, 0.1) is 10.1 Å². The van der Waals surface area contributed by atoms with Gasteiger partial charge in [0.25, 0.3) is 5.69 Å². The Balaban J connectivity index is 1.70. The van der Waals surface area contributed by atoms with Crippen LogP contribution in [-0.4, -0.2) is 19.6 Å². The fourth-order valence-electron chi connectivity index (χ4n) is 2.54. The van der Waals surface area contributed by atoms with Crippen LogP contribution in [0.4, 0.5) is 11.4 Å². The predicted molar refractivity (Wildman–Crippen MR) is 113 cm³/mol. The molecule has 3 aromatic rings. The van der Waals surface area contributed by atoms with Crippen molar-refractivity contribution in [3.05, 3.63) is 94.0 Å². The van der Waals surface area contributed by atoms with Gasteiger partial charge >= 0.3 is 0 Å². The number of nitrogens with two attached hydrogens (primary N) is 1. The largest absolute Gasteiger partial charge is 0.489 e. The minimum absolute atomic E-state index is 0.0279. The molecular weight excluding hydrogens is 408 g/mol. The molecule has 3 rings (SSSR count). The highest BCUT2D eigenvalue weighted by atomic mass is 32.2. The average Bonchev–Trinajstić information content (AvgIpc) is 2.72. The number of ether oxygens (including phenoxy) is 1. The van der Waals surface area contributed by atoms with Gasteiger partial charge < -0.3 is 4.74 Å². The minimum atomic E-state index is -4.05. The summed E-state index contributed by atoms with van der Waals surface area (Å²) in [6.07, 6.45) is 1.46. The van der Waals surface area contributed by atoms with Gasteiger partial charge in [-0.1, -0.05) is 42.5 Å². The van der Waals surface area contributed by atoms with Gasteiger partial charge in [0.05, 0.1) is 16.0 Å². The van der Waals surface area contributed by atoms with E-state index in [0.717, 1.165) is 17.7 Å². The summed E-state index contributed by atoms with van der Waals surface area (Å²) in [6.45, 7) is 0.419. The van der Waals surface area contributed by atoms with E-state index in [9.17, 15) is 18.5 Å². The van der Waals surface area contributed by atoms with E-state index in [1.54, 1.807) is 18.2 Å². The van der Waals surface area contributed by atoms with Crippen LogP contribution in [0.15, 0.2) is 82.8 Å². The molecule has 3 aromatic carbocycles. The van der Waals surface area contributed by atoms with E-state index in [0.29, 0.717) is 17.9 Å². The van der Waals surface area contributed by atoms with E-state index in [2.05, 4.69) is 10.5 Å². The van der Waals surface area contributed by atoms with Crippen molar-refractivity contribution < 1.29 is 18.1 Å². The second kappa shape index (κ2) is 9.16. The van der Waals surface area contributed by atoms with Gasteiger partial charge in [-0.2, -0.15) is 5.10 Å². The Labute approximate surface area is 173 Å². The van der Waals surface area contributed by atoms with Crippen molar-refractivity contribution in [2.75, 3.05) is 5.43 Å². The lowest BCUT2D eigenvalue weighted by molar-refractivity contribution is -0.384. The van der Waals surface area contributed by atoms with Crippen LogP contribution < -0.4 is 15.3 Å². The molecule has 0 unspecified atom stereocenters. The summed E-state index contributed by atoms with van der Waals surface area (Å²) < 4.78 is 28.5. The zero-order chi connectivity index (χ0) is 21.6.